The molecule has 9 heteroatoms. The Labute approximate surface area is 192 Å². The third-order valence-electron chi connectivity index (χ3n) is 5.13. The van der Waals surface area contributed by atoms with E-state index in [-0.39, 0.29) is 11.4 Å². The number of anilines is 1. The highest BCUT2D eigenvalue weighted by molar-refractivity contribution is 6.02. The molecule has 2 aromatic heterocycles. The van der Waals surface area contributed by atoms with E-state index >= 15 is 0 Å². The van der Waals surface area contributed by atoms with E-state index in [2.05, 4.69) is 10.3 Å². The van der Waals surface area contributed by atoms with Gasteiger partial charge in [0.2, 0.25) is 5.89 Å². The molecule has 0 aliphatic carbocycles. The molecule has 0 aliphatic heterocycles. The van der Waals surface area contributed by atoms with Gasteiger partial charge in [-0.1, -0.05) is 18.2 Å². The lowest BCUT2D eigenvalue weighted by Gasteiger charge is -2.04. The van der Waals surface area contributed by atoms with E-state index in [0.29, 0.717) is 45.3 Å². The molecule has 1 amide bonds. The highest BCUT2D eigenvalue weighted by Crippen LogP contribution is 2.29. The van der Waals surface area contributed by atoms with Gasteiger partial charge in [0.15, 0.2) is 11.3 Å². The first kappa shape index (κ1) is 21.0. The van der Waals surface area contributed by atoms with Gasteiger partial charge in [0, 0.05) is 35.0 Å². The van der Waals surface area contributed by atoms with Gasteiger partial charge in [0.25, 0.3) is 11.6 Å². The third-order valence-corrected chi connectivity index (χ3v) is 5.13. The van der Waals surface area contributed by atoms with Crippen LogP contribution in [0.1, 0.15) is 10.6 Å². The second-order valence-electron chi connectivity index (χ2n) is 7.36. The maximum atomic E-state index is 12.7. The number of nitro groups is 1. The van der Waals surface area contributed by atoms with Crippen LogP contribution in [-0.4, -0.2) is 22.9 Å². The first-order valence-electron chi connectivity index (χ1n) is 10.2. The van der Waals surface area contributed by atoms with Crippen LogP contribution < -0.4 is 10.1 Å². The molecule has 2 heterocycles. The van der Waals surface area contributed by atoms with Crippen molar-refractivity contribution < 1.29 is 23.3 Å². The Kier molecular flexibility index (Phi) is 5.27. The lowest BCUT2D eigenvalue weighted by atomic mass is 10.1. The number of ether oxygens (including phenoxy) is 1. The predicted molar refractivity (Wildman–Crippen MR) is 125 cm³/mol. The Bertz CT molecular complexity index is 1530. The van der Waals surface area contributed by atoms with Crippen LogP contribution in [0.5, 0.6) is 5.75 Å². The van der Waals surface area contributed by atoms with E-state index in [0.717, 1.165) is 0 Å². The van der Waals surface area contributed by atoms with Crippen molar-refractivity contribution in [2.75, 3.05) is 12.4 Å². The SMILES string of the molecule is COc1ccc2oc(-c3cccc(NC(=O)c4ccc(-c5cccc([N+](=O)[O-])c5)o4)c3)nc2c1. The molecule has 0 saturated heterocycles. The average molecular weight is 455 g/mol. The zero-order valence-electron chi connectivity index (χ0n) is 17.8. The number of amides is 1. The van der Waals surface area contributed by atoms with Crippen LogP contribution >= 0.6 is 0 Å². The molecular weight excluding hydrogens is 438 g/mol. The zero-order chi connectivity index (χ0) is 23.7. The number of hydrogen-bond acceptors (Lipinski definition) is 7. The predicted octanol–water partition coefficient (Wildman–Crippen LogP) is 5.92. The average Bonchev–Trinajstić information content (AvgIpc) is 3.51. The number of fused-ring (bicyclic) bond motifs is 1. The number of nitrogens with zero attached hydrogens (tertiary/aromatic N) is 2. The molecule has 0 atom stereocenters. The van der Waals surface area contributed by atoms with Crippen molar-refractivity contribution in [2.24, 2.45) is 0 Å². The number of methoxy groups -OCH3 is 1. The highest BCUT2D eigenvalue weighted by Gasteiger charge is 2.16. The fraction of sp³-hybridized carbons (Fsp3) is 0.0400. The normalized spacial score (nSPS) is 10.9. The van der Waals surface area contributed by atoms with E-state index in [4.69, 9.17) is 13.6 Å². The van der Waals surface area contributed by atoms with Crippen molar-refractivity contribution in [3.8, 4) is 28.5 Å². The lowest BCUT2D eigenvalue weighted by Crippen LogP contribution is -2.10. The number of furan rings is 1. The molecule has 0 fully saturated rings. The fourth-order valence-electron chi connectivity index (χ4n) is 3.47. The van der Waals surface area contributed by atoms with Crippen molar-refractivity contribution in [3.63, 3.8) is 0 Å². The van der Waals surface area contributed by atoms with Crippen molar-refractivity contribution in [1.82, 2.24) is 4.98 Å². The molecule has 0 bridgehead atoms. The van der Waals surface area contributed by atoms with Crippen LogP contribution in [0.2, 0.25) is 0 Å². The summed E-state index contributed by atoms with van der Waals surface area (Å²) in [5.74, 6) is 1.04. The molecule has 34 heavy (non-hydrogen) atoms. The number of hydrogen-bond donors (Lipinski definition) is 1. The largest absolute Gasteiger partial charge is 0.497 e. The molecule has 9 nitrogen and oxygen atoms in total. The van der Waals surface area contributed by atoms with Gasteiger partial charge < -0.3 is 18.9 Å². The summed E-state index contributed by atoms with van der Waals surface area (Å²) in [7, 11) is 1.58. The number of aromatic nitrogens is 1. The molecule has 1 N–H and O–H groups in total. The number of carbonyl (C=O) groups excluding carboxylic acids is 1. The highest BCUT2D eigenvalue weighted by atomic mass is 16.6. The van der Waals surface area contributed by atoms with Crippen LogP contribution in [0.3, 0.4) is 0 Å². The number of benzene rings is 3. The number of nitro benzene ring substituents is 1. The summed E-state index contributed by atoms with van der Waals surface area (Å²) in [6, 6.07) is 21.5. The van der Waals surface area contributed by atoms with Crippen molar-refractivity contribution in [3.05, 3.63) is 94.7 Å². The minimum Gasteiger partial charge on any atom is -0.497 e. The monoisotopic (exact) mass is 455 g/mol. The van der Waals surface area contributed by atoms with Gasteiger partial charge in [0.05, 0.1) is 12.0 Å². The maximum Gasteiger partial charge on any atom is 0.291 e. The smallest absolute Gasteiger partial charge is 0.291 e. The first-order valence-corrected chi connectivity index (χ1v) is 10.2. The Balaban J connectivity index is 1.36. The standard InChI is InChI=1S/C25H17N3O6/c1-32-19-8-9-22-20(14-19)27-25(34-22)16-5-2-6-17(12-16)26-24(29)23-11-10-21(33-23)15-4-3-7-18(13-15)28(30)31/h2-14H,1H3,(H,26,29). The van der Waals surface area contributed by atoms with Gasteiger partial charge >= 0.3 is 0 Å². The van der Waals surface area contributed by atoms with Crippen molar-refractivity contribution in [1.29, 1.82) is 0 Å². The van der Waals surface area contributed by atoms with Crippen LogP contribution in [0.25, 0.3) is 33.9 Å². The molecule has 5 rings (SSSR count). The van der Waals surface area contributed by atoms with Crippen molar-refractivity contribution in [2.45, 2.75) is 0 Å². The van der Waals surface area contributed by atoms with Gasteiger partial charge in [-0.25, -0.2) is 4.98 Å². The van der Waals surface area contributed by atoms with Gasteiger partial charge in [-0.3, -0.25) is 14.9 Å². The molecule has 3 aromatic carbocycles. The van der Waals surface area contributed by atoms with E-state index in [1.54, 1.807) is 61.7 Å². The Morgan fingerprint density at radius 1 is 0.971 bits per heavy atom. The summed E-state index contributed by atoms with van der Waals surface area (Å²) in [4.78, 5) is 27.7. The number of rotatable bonds is 6. The minimum atomic E-state index is -0.486. The number of nitrogens with one attached hydrogen (secondary N) is 1. The number of oxazole rings is 1. The second-order valence-corrected chi connectivity index (χ2v) is 7.36. The summed E-state index contributed by atoms with van der Waals surface area (Å²) >= 11 is 0. The molecule has 5 aromatic rings. The van der Waals surface area contributed by atoms with Crippen LogP contribution in [0.4, 0.5) is 11.4 Å². The van der Waals surface area contributed by atoms with E-state index in [1.807, 2.05) is 6.07 Å². The summed E-state index contributed by atoms with van der Waals surface area (Å²) < 4.78 is 16.7. The van der Waals surface area contributed by atoms with Gasteiger partial charge in [0.1, 0.15) is 17.0 Å². The summed E-state index contributed by atoms with van der Waals surface area (Å²) in [5, 5.41) is 13.8. The van der Waals surface area contributed by atoms with E-state index in [1.165, 1.54) is 18.2 Å². The van der Waals surface area contributed by atoms with Gasteiger partial charge in [-0.05, 0) is 42.5 Å². The minimum absolute atomic E-state index is 0.0608. The molecule has 0 spiro atoms. The molecule has 0 aliphatic rings. The van der Waals surface area contributed by atoms with Crippen LogP contribution in [0, 0.1) is 10.1 Å². The zero-order valence-corrected chi connectivity index (χ0v) is 17.8. The summed E-state index contributed by atoms with van der Waals surface area (Å²) in [5.41, 5.74) is 2.93. The van der Waals surface area contributed by atoms with Gasteiger partial charge in [-0.15, -0.1) is 0 Å². The lowest BCUT2D eigenvalue weighted by molar-refractivity contribution is -0.384. The molecule has 0 saturated carbocycles. The Morgan fingerprint density at radius 3 is 2.62 bits per heavy atom. The van der Waals surface area contributed by atoms with Crippen LogP contribution in [0.15, 0.2) is 87.7 Å². The first-order chi connectivity index (χ1) is 16.5. The fourth-order valence-corrected chi connectivity index (χ4v) is 3.47. The Morgan fingerprint density at radius 2 is 1.79 bits per heavy atom. The topological polar surface area (TPSA) is 121 Å². The number of carbonyl (C=O) groups is 1. The summed E-state index contributed by atoms with van der Waals surface area (Å²) in [6.45, 7) is 0. The van der Waals surface area contributed by atoms with E-state index in [9.17, 15) is 14.9 Å². The van der Waals surface area contributed by atoms with Gasteiger partial charge in [-0.2, -0.15) is 0 Å². The summed E-state index contributed by atoms with van der Waals surface area (Å²) in [6.07, 6.45) is 0. The third kappa shape index (κ3) is 4.09. The number of non-ortho nitro benzene ring substituents is 1. The van der Waals surface area contributed by atoms with Crippen molar-refractivity contribution >= 4 is 28.4 Å². The Hall–Kier alpha value is -4.92. The molecule has 168 valence electrons. The maximum absolute atomic E-state index is 12.7. The quantitative estimate of drug-likeness (QED) is 0.249. The van der Waals surface area contributed by atoms with E-state index < -0.39 is 10.8 Å². The van der Waals surface area contributed by atoms with Crippen LogP contribution in [-0.2, 0) is 0 Å². The molecule has 0 unspecified atom stereocenters. The molecular formula is C25H17N3O6. The second kappa shape index (κ2) is 8.55. The molecule has 0 radical (unpaired) electrons.